The number of aliphatic hydroxyl groups excluding tert-OH is 1. The maximum absolute atomic E-state index is 11.4. The number of hydrogen-bond donors (Lipinski definition) is 1. The van der Waals surface area contributed by atoms with Gasteiger partial charge in [0.2, 0.25) is 0 Å². The van der Waals surface area contributed by atoms with E-state index >= 15 is 0 Å². The first-order valence-electron chi connectivity index (χ1n) is 5.55. The van der Waals surface area contributed by atoms with E-state index in [0.29, 0.717) is 17.9 Å². The van der Waals surface area contributed by atoms with Gasteiger partial charge in [0.1, 0.15) is 0 Å². The van der Waals surface area contributed by atoms with Crippen LogP contribution in [-0.4, -0.2) is 31.6 Å². The Balaban J connectivity index is 2.05. The summed E-state index contributed by atoms with van der Waals surface area (Å²) in [6.45, 7) is 0.0222. The molecule has 0 aliphatic carbocycles. The van der Waals surface area contributed by atoms with E-state index in [1.807, 2.05) is 11.4 Å². The molecule has 1 N–H and O–H groups in total. The van der Waals surface area contributed by atoms with Crippen molar-refractivity contribution >= 4 is 32.8 Å². The van der Waals surface area contributed by atoms with Crippen molar-refractivity contribution in [3.05, 3.63) is 21.3 Å². The predicted octanol–water partition coefficient (Wildman–Crippen LogP) is 1.99. The summed E-state index contributed by atoms with van der Waals surface area (Å²) in [5, 5.41) is 12.0. The summed E-state index contributed by atoms with van der Waals surface area (Å²) in [5.41, 5.74) is 0. The molecule has 2 rings (SSSR count). The summed E-state index contributed by atoms with van der Waals surface area (Å²) in [5.74, 6) is 0.541. The van der Waals surface area contributed by atoms with Crippen LogP contribution < -0.4 is 0 Å². The molecule has 0 bridgehead atoms. The number of sulfone groups is 1. The van der Waals surface area contributed by atoms with Gasteiger partial charge in [-0.05, 0) is 36.1 Å². The molecule has 0 amide bonds. The van der Waals surface area contributed by atoms with Crippen molar-refractivity contribution in [2.75, 3.05) is 18.1 Å². The first-order chi connectivity index (χ1) is 8.02. The Morgan fingerprint density at radius 3 is 2.82 bits per heavy atom. The van der Waals surface area contributed by atoms with Crippen molar-refractivity contribution < 1.29 is 13.5 Å². The number of rotatable bonds is 4. The topological polar surface area (TPSA) is 54.4 Å². The lowest BCUT2D eigenvalue weighted by atomic mass is 9.89. The lowest BCUT2D eigenvalue weighted by molar-refractivity contribution is 0.184. The molecule has 96 valence electrons. The van der Waals surface area contributed by atoms with Crippen LogP contribution in [0.2, 0.25) is 5.02 Å². The van der Waals surface area contributed by atoms with Crippen LogP contribution in [0.15, 0.2) is 11.4 Å². The van der Waals surface area contributed by atoms with Gasteiger partial charge in [0.15, 0.2) is 9.84 Å². The minimum absolute atomic E-state index is 0.00317. The van der Waals surface area contributed by atoms with Gasteiger partial charge < -0.3 is 5.11 Å². The van der Waals surface area contributed by atoms with Gasteiger partial charge in [0.25, 0.3) is 0 Å². The molecule has 1 aromatic heterocycles. The molecule has 2 atom stereocenters. The number of aliphatic hydroxyl groups is 1. The minimum atomic E-state index is -2.88. The second-order valence-corrected chi connectivity index (χ2v) is 8.14. The fraction of sp³-hybridized carbons (Fsp3) is 0.636. The van der Waals surface area contributed by atoms with Gasteiger partial charge >= 0.3 is 0 Å². The van der Waals surface area contributed by atoms with Crippen molar-refractivity contribution in [3.8, 4) is 0 Å². The third-order valence-electron chi connectivity index (χ3n) is 3.31. The largest absolute Gasteiger partial charge is 0.396 e. The molecule has 1 fully saturated rings. The SMILES string of the molecule is O=S1(=O)CCC(C(CO)Cc2sccc2Cl)C1. The van der Waals surface area contributed by atoms with E-state index < -0.39 is 9.84 Å². The Bertz CT molecular complexity index is 481. The molecule has 1 aliphatic rings. The highest BCUT2D eigenvalue weighted by Crippen LogP contribution is 2.32. The molecule has 0 radical (unpaired) electrons. The Labute approximate surface area is 110 Å². The molecule has 1 saturated heterocycles. The van der Waals surface area contributed by atoms with Gasteiger partial charge in [0.05, 0.1) is 16.5 Å². The third-order valence-corrected chi connectivity index (χ3v) is 6.51. The zero-order valence-electron chi connectivity index (χ0n) is 9.30. The second kappa shape index (κ2) is 5.26. The molecular formula is C11H15ClO3S2. The number of hydrogen-bond acceptors (Lipinski definition) is 4. The highest BCUT2D eigenvalue weighted by Gasteiger charge is 2.33. The summed E-state index contributed by atoms with van der Waals surface area (Å²) in [4.78, 5) is 1.04. The van der Waals surface area contributed by atoms with Crippen molar-refractivity contribution in [1.82, 2.24) is 0 Å². The molecule has 1 aliphatic heterocycles. The molecule has 3 nitrogen and oxygen atoms in total. The number of halogens is 1. The molecule has 1 aromatic rings. The van der Waals surface area contributed by atoms with Gasteiger partial charge in [-0.2, -0.15) is 0 Å². The van der Waals surface area contributed by atoms with Crippen LogP contribution in [-0.2, 0) is 16.3 Å². The number of thiophene rings is 1. The maximum Gasteiger partial charge on any atom is 0.150 e. The Kier molecular flexibility index (Phi) is 4.13. The van der Waals surface area contributed by atoms with Crippen molar-refractivity contribution in [3.63, 3.8) is 0 Å². The lowest BCUT2D eigenvalue weighted by Crippen LogP contribution is -2.22. The zero-order chi connectivity index (χ0) is 12.5. The first kappa shape index (κ1) is 13.3. The van der Waals surface area contributed by atoms with E-state index in [1.54, 1.807) is 11.3 Å². The van der Waals surface area contributed by atoms with Crippen molar-refractivity contribution in [2.45, 2.75) is 12.8 Å². The monoisotopic (exact) mass is 294 g/mol. The summed E-state index contributed by atoms with van der Waals surface area (Å²) in [6.07, 6.45) is 1.34. The van der Waals surface area contributed by atoms with E-state index in [1.165, 1.54) is 0 Å². The van der Waals surface area contributed by atoms with Crippen LogP contribution in [0.5, 0.6) is 0 Å². The van der Waals surface area contributed by atoms with Crippen LogP contribution in [0, 0.1) is 11.8 Å². The average molecular weight is 295 g/mol. The fourth-order valence-electron chi connectivity index (χ4n) is 2.28. The quantitative estimate of drug-likeness (QED) is 0.924. The highest BCUT2D eigenvalue weighted by atomic mass is 35.5. The fourth-order valence-corrected chi connectivity index (χ4v) is 5.41. The van der Waals surface area contributed by atoms with Crippen LogP contribution in [0.4, 0.5) is 0 Å². The smallest absolute Gasteiger partial charge is 0.150 e. The molecule has 0 aromatic carbocycles. The maximum atomic E-state index is 11.4. The van der Waals surface area contributed by atoms with Crippen LogP contribution in [0.1, 0.15) is 11.3 Å². The van der Waals surface area contributed by atoms with Gasteiger partial charge in [-0.15, -0.1) is 11.3 Å². The Hall–Kier alpha value is -0.100. The van der Waals surface area contributed by atoms with Crippen molar-refractivity contribution in [1.29, 1.82) is 0 Å². The highest BCUT2D eigenvalue weighted by molar-refractivity contribution is 7.91. The predicted molar refractivity (Wildman–Crippen MR) is 70.4 cm³/mol. The summed E-state index contributed by atoms with van der Waals surface area (Å²) in [6, 6.07) is 1.83. The van der Waals surface area contributed by atoms with E-state index in [2.05, 4.69) is 0 Å². The minimum Gasteiger partial charge on any atom is -0.396 e. The molecule has 6 heteroatoms. The summed E-state index contributed by atoms with van der Waals surface area (Å²) >= 11 is 7.57. The summed E-state index contributed by atoms with van der Waals surface area (Å²) in [7, 11) is -2.88. The third kappa shape index (κ3) is 3.22. The molecular weight excluding hydrogens is 280 g/mol. The van der Waals surface area contributed by atoms with E-state index in [4.69, 9.17) is 11.6 Å². The van der Waals surface area contributed by atoms with Gasteiger partial charge in [-0.25, -0.2) is 8.42 Å². The molecule has 0 spiro atoms. The standard InChI is InChI=1S/C11H15ClO3S2/c12-10-1-3-16-11(10)5-9(6-13)8-2-4-17(14,15)7-8/h1,3,8-9,13H,2,4-7H2. The van der Waals surface area contributed by atoms with Gasteiger partial charge in [-0.1, -0.05) is 11.6 Å². The van der Waals surface area contributed by atoms with E-state index in [0.717, 1.165) is 4.88 Å². The first-order valence-corrected chi connectivity index (χ1v) is 8.63. The molecule has 0 saturated carbocycles. The van der Waals surface area contributed by atoms with E-state index in [9.17, 15) is 13.5 Å². The van der Waals surface area contributed by atoms with Crippen LogP contribution in [0.25, 0.3) is 0 Å². The molecule has 2 unspecified atom stereocenters. The Morgan fingerprint density at radius 1 is 1.59 bits per heavy atom. The van der Waals surface area contributed by atoms with Gasteiger partial charge in [-0.3, -0.25) is 0 Å². The van der Waals surface area contributed by atoms with Crippen molar-refractivity contribution in [2.24, 2.45) is 11.8 Å². The normalized spacial score (nSPS) is 24.9. The van der Waals surface area contributed by atoms with Crippen LogP contribution in [0.3, 0.4) is 0 Å². The molecule has 17 heavy (non-hydrogen) atoms. The lowest BCUT2D eigenvalue weighted by Gasteiger charge is -2.19. The molecule has 2 heterocycles. The average Bonchev–Trinajstić information content (AvgIpc) is 2.82. The van der Waals surface area contributed by atoms with Gasteiger partial charge in [0, 0.05) is 11.5 Å². The zero-order valence-corrected chi connectivity index (χ0v) is 11.7. The summed E-state index contributed by atoms with van der Waals surface area (Å²) < 4.78 is 22.9. The Morgan fingerprint density at radius 2 is 2.35 bits per heavy atom. The second-order valence-electron chi connectivity index (χ2n) is 4.50. The van der Waals surface area contributed by atoms with E-state index in [-0.39, 0.29) is 29.9 Å². The van der Waals surface area contributed by atoms with Crippen LogP contribution >= 0.6 is 22.9 Å².